The predicted octanol–water partition coefficient (Wildman–Crippen LogP) is 4.47. The van der Waals surface area contributed by atoms with Gasteiger partial charge in [-0.2, -0.15) is 0 Å². The molecule has 0 unspecified atom stereocenters. The topological polar surface area (TPSA) is 61.0 Å². The molecule has 0 spiro atoms. The van der Waals surface area contributed by atoms with Crippen LogP contribution in [0.4, 0.5) is 5.69 Å². The van der Waals surface area contributed by atoms with Crippen molar-refractivity contribution >= 4 is 23.4 Å². The maximum absolute atomic E-state index is 12.3. The van der Waals surface area contributed by atoms with Crippen LogP contribution in [0.25, 0.3) is 23.2 Å². The van der Waals surface area contributed by atoms with Crippen molar-refractivity contribution in [2.24, 2.45) is 0 Å². The summed E-state index contributed by atoms with van der Waals surface area (Å²) in [6, 6.07) is 13.8. The number of imidazole rings is 1. The molecule has 3 aromatic rings. The Morgan fingerprint density at radius 3 is 2.50 bits per heavy atom. The van der Waals surface area contributed by atoms with Gasteiger partial charge in [-0.3, -0.25) is 4.79 Å². The van der Waals surface area contributed by atoms with E-state index in [1.54, 1.807) is 19.0 Å². The number of fused-ring (bicyclic) bond motifs is 1. The van der Waals surface area contributed by atoms with E-state index in [1.807, 2.05) is 62.4 Å². The number of amides is 1. The van der Waals surface area contributed by atoms with Gasteiger partial charge in [0.2, 0.25) is 0 Å². The number of aryl methyl sites for hydroxylation is 2. The third kappa shape index (κ3) is 3.13. The van der Waals surface area contributed by atoms with Gasteiger partial charge in [0.25, 0.3) is 5.91 Å². The molecule has 2 aromatic carbocycles. The van der Waals surface area contributed by atoms with E-state index < -0.39 is 0 Å². The molecular weight excluding hydrogens is 348 g/mol. The molecule has 1 aliphatic heterocycles. The maximum Gasteiger partial charge on any atom is 0.253 e. The minimum atomic E-state index is -0.0216. The van der Waals surface area contributed by atoms with Gasteiger partial charge in [-0.15, -0.1) is 0 Å². The molecule has 4 rings (SSSR count). The Morgan fingerprint density at radius 1 is 1.07 bits per heavy atom. The van der Waals surface area contributed by atoms with Gasteiger partial charge in [0.15, 0.2) is 0 Å². The molecule has 0 saturated carbocycles. The number of aromatic amines is 1. The van der Waals surface area contributed by atoms with E-state index in [9.17, 15) is 4.79 Å². The van der Waals surface area contributed by atoms with Gasteiger partial charge >= 0.3 is 0 Å². The summed E-state index contributed by atoms with van der Waals surface area (Å²) in [7, 11) is 3.51. The number of aromatic nitrogens is 2. The molecular formula is C23H22N4O. The summed E-state index contributed by atoms with van der Waals surface area (Å²) < 4.78 is 0. The first-order valence-corrected chi connectivity index (χ1v) is 9.16. The van der Waals surface area contributed by atoms with Crippen molar-refractivity contribution in [1.82, 2.24) is 14.9 Å². The Balaban J connectivity index is 1.75. The van der Waals surface area contributed by atoms with Gasteiger partial charge in [0.1, 0.15) is 5.82 Å². The molecule has 140 valence electrons. The molecule has 2 N–H and O–H groups in total. The predicted molar refractivity (Wildman–Crippen MR) is 113 cm³/mol. The number of carbonyl (C=O) groups excluding carboxylic acids is 1. The Labute approximate surface area is 164 Å². The van der Waals surface area contributed by atoms with E-state index in [0.29, 0.717) is 5.56 Å². The largest absolute Gasteiger partial charge is 0.348 e. The van der Waals surface area contributed by atoms with Gasteiger partial charge in [-0.1, -0.05) is 36.1 Å². The van der Waals surface area contributed by atoms with Crippen LogP contribution in [0.3, 0.4) is 0 Å². The third-order valence-electron chi connectivity index (χ3n) is 4.92. The molecule has 5 heteroatoms. The SMILES string of the molecule is Cc1nc(-c2ccccc2C2=C=Cc3ccc(C(=O)N(C)C)cc3N2)[nH]c1C. The Morgan fingerprint density at radius 2 is 1.82 bits per heavy atom. The molecule has 2 heterocycles. The zero-order chi connectivity index (χ0) is 19.8. The van der Waals surface area contributed by atoms with Gasteiger partial charge in [-0.25, -0.2) is 4.98 Å². The van der Waals surface area contributed by atoms with E-state index in [0.717, 1.165) is 45.3 Å². The minimum Gasteiger partial charge on any atom is -0.348 e. The lowest BCUT2D eigenvalue weighted by Gasteiger charge is -2.19. The van der Waals surface area contributed by atoms with Crippen LogP contribution in [0.1, 0.15) is 32.9 Å². The summed E-state index contributed by atoms with van der Waals surface area (Å²) in [6.45, 7) is 4.02. The molecule has 0 atom stereocenters. The summed E-state index contributed by atoms with van der Waals surface area (Å²) in [5.41, 5.74) is 10.8. The number of nitrogens with one attached hydrogen (secondary N) is 2. The highest BCUT2D eigenvalue weighted by Crippen LogP contribution is 2.32. The standard InChI is InChI=1S/C23H22N4O/c1-14-15(2)25-22(24-14)19-8-6-5-7-18(19)20-12-11-16-9-10-17(13-21(16)26-20)23(28)27(3)4/h5-11,13,26H,1-4H3,(H,24,25). The molecule has 1 aliphatic rings. The van der Waals surface area contributed by atoms with Crippen LogP contribution in [-0.2, 0) is 0 Å². The van der Waals surface area contributed by atoms with E-state index in [2.05, 4.69) is 21.0 Å². The summed E-state index contributed by atoms with van der Waals surface area (Å²) in [4.78, 5) is 21.9. The van der Waals surface area contributed by atoms with Gasteiger partial charge in [-0.05, 0) is 32.1 Å². The normalized spacial score (nSPS) is 12.2. The van der Waals surface area contributed by atoms with Crippen LogP contribution >= 0.6 is 0 Å². The van der Waals surface area contributed by atoms with Crippen molar-refractivity contribution in [3.05, 3.63) is 76.3 Å². The fourth-order valence-corrected chi connectivity index (χ4v) is 3.23. The summed E-state index contributed by atoms with van der Waals surface area (Å²) >= 11 is 0. The first kappa shape index (κ1) is 17.8. The lowest BCUT2D eigenvalue weighted by molar-refractivity contribution is 0.0827. The van der Waals surface area contributed by atoms with Crippen LogP contribution in [0.5, 0.6) is 0 Å². The number of benzene rings is 2. The van der Waals surface area contributed by atoms with Crippen molar-refractivity contribution in [1.29, 1.82) is 0 Å². The summed E-state index contributed by atoms with van der Waals surface area (Å²) in [6.07, 6.45) is 1.94. The first-order valence-electron chi connectivity index (χ1n) is 9.16. The molecule has 0 fully saturated rings. The fraction of sp³-hybridized carbons (Fsp3) is 0.174. The van der Waals surface area contributed by atoms with E-state index in [-0.39, 0.29) is 5.91 Å². The number of carbonyl (C=O) groups is 1. The van der Waals surface area contributed by atoms with Crippen molar-refractivity contribution in [2.75, 3.05) is 19.4 Å². The second-order valence-corrected chi connectivity index (χ2v) is 7.13. The monoisotopic (exact) mass is 370 g/mol. The van der Waals surface area contributed by atoms with Crippen molar-refractivity contribution in [2.45, 2.75) is 13.8 Å². The summed E-state index contributed by atoms with van der Waals surface area (Å²) in [5, 5.41) is 3.44. The van der Waals surface area contributed by atoms with Crippen molar-refractivity contribution < 1.29 is 4.79 Å². The second-order valence-electron chi connectivity index (χ2n) is 7.13. The zero-order valence-electron chi connectivity index (χ0n) is 16.4. The van der Waals surface area contributed by atoms with Gasteiger partial charge in [0.05, 0.1) is 11.4 Å². The second kappa shape index (κ2) is 6.87. The van der Waals surface area contributed by atoms with Crippen LogP contribution in [0, 0.1) is 13.8 Å². The van der Waals surface area contributed by atoms with Crippen molar-refractivity contribution in [3.63, 3.8) is 0 Å². The minimum absolute atomic E-state index is 0.0216. The van der Waals surface area contributed by atoms with Crippen LogP contribution in [0.2, 0.25) is 0 Å². The zero-order valence-corrected chi connectivity index (χ0v) is 16.4. The summed E-state index contributed by atoms with van der Waals surface area (Å²) in [5.74, 6) is 0.815. The quantitative estimate of drug-likeness (QED) is 0.669. The first-order chi connectivity index (χ1) is 13.4. The lowest BCUT2D eigenvalue weighted by Crippen LogP contribution is -2.21. The van der Waals surface area contributed by atoms with E-state index in [4.69, 9.17) is 0 Å². The molecule has 28 heavy (non-hydrogen) atoms. The fourth-order valence-electron chi connectivity index (χ4n) is 3.23. The molecule has 1 aromatic heterocycles. The Kier molecular flexibility index (Phi) is 4.38. The smallest absolute Gasteiger partial charge is 0.253 e. The van der Waals surface area contributed by atoms with E-state index in [1.165, 1.54) is 0 Å². The lowest BCUT2D eigenvalue weighted by atomic mass is 10.00. The molecule has 0 bridgehead atoms. The highest BCUT2D eigenvalue weighted by molar-refractivity contribution is 5.98. The molecule has 0 radical (unpaired) electrons. The number of hydrogen-bond acceptors (Lipinski definition) is 3. The number of nitrogens with zero attached hydrogens (tertiary/aromatic N) is 2. The van der Waals surface area contributed by atoms with Crippen molar-refractivity contribution in [3.8, 4) is 11.4 Å². The molecule has 0 aliphatic carbocycles. The average Bonchev–Trinajstić information content (AvgIpc) is 3.05. The van der Waals surface area contributed by atoms with Gasteiger partial charge in [0, 0.05) is 47.7 Å². The molecule has 1 amide bonds. The van der Waals surface area contributed by atoms with E-state index >= 15 is 0 Å². The Hall–Kier alpha value is -3.56. The van der Waals surface area contributed by atoms with Crippen LogP contribution in [-0.4, -0.2) is 34.9 Å². The van der Waals surface area contributed by atoms with Crippen LogP contribution in [0.15, 0.2) is 48.2 Å². The highest BCUT2D eigenvalue weighted by atomic mass is 16.2. The molecule has 5 nitrogen and oxygen atoms in total. The number of anilines is 1. The molecule has 0 saturated heterocycles. The maximum atomic E-state index is 12.3. The number of rotatable bonds is 3. The van der Waals surface area contributed by atoms with Crippen LogP contribution < -0.4 is 5.32 Å². The average molecular weight is 370 g/mol. The highest BCUT2D eigenvalue weighted by Gasteiger charge is 2.17. The Bertz CT molecular complexity index is 1130. The number of hydrogen-bond donors (Lipinski definition) is 2. The number of H-pyrrole nitrogens is 1. The van der Waals surface area contributed by atoms with Gasteiger partial charge < -0.3 is 15.2 Å². The third-order valence-corrected chi connectivity index (χ3v) is 4.92.